The number of urea groups is 1. The van der Waals surface area contributed by atoms with Crippen LogP contribution in [-0.4, -0.2) is 29.9 Å². The minimum absolute atomic E-state index is 0.363. The molecule has 0 radical (unpaired) electrons. The van der Waals surface area contributed by atoms with Crippen LogP contribution in [0.1, 0.15) is 38.4 Å². The van der Waals surface area contributed by atoms with Crippen LogP contribution in [0.15, 0.2) is 53.6 Å². The highest BCUT2D eigenvalue weighted by atomic mass is 16.5. The molecule has 0 unspecified atom stereocenters. The second-order valence-corrected chi connectivity index (χ2v) is 7.34. The molecule has 0 spiro atoms. The molecule has 0 bridgehead atoms. The Hall–Kier alpha value is -3.87. The number of hydrogen-bond acceptors (Lipinski definition) is 4. The highest BCUT2D eigenvalue weighted by Gasteiger charge is 2.14. The van der Waals surface area contributed by atoms with Crippen molar-refractivity contribution in [3.63, 3.8) is 0 Å². The molecule has 1 aromatic heterocycles. The third kappa shape index (κ3) is 5.01. The fourth-order valence-electron chi connectivity index (χ4n) is 3.40. The highest BCUT2D eigenvalue weighted by Crippen LogP contribution is 2.23. The van der Waals surface area contributed by atoms with Crippen molar-refractivity contribution in [2.45, 2.75) is 27.7 Å². The van der Waals surface area contributed by atoms with Crippen molar-refractivity contribution in [1.82, 2.24) is 9.99 Å². The van der Waals surface area contributed by atoms with Gasteiger partial charge < -0.3 is 14.6 Å². The summed E-state index contributed by atoms with van der Waals surface area (Å²) < 4.78 is 6.88. The molecule has 0 aliphatic carbocycles. The molecule has 0 fully saturated rings. The van der Waals surface area contributed by atoms with E-state index in [1.54, 1.807) is 12.3 Å². The van der Waals surface area contributed by atoms with E-state index < -0.39 is 6.03 Å². The van der Waals surface area contributed by atoms with Crippen LogP contribution in [0, 0.1) is 27.7 Å². The number of anilines is 1. The van der Waals surface area contributed by atoms with Crippen molar-refractivity contribution in [2.75, 3.05) is 12.4 Å². The first-order chi connectivity index (χ1) is 14.8. The largest absolute Gasteiger partial charge is 0.465 e. The Kier molecular flexibility index (Phi) is 6.55. The molecule has 0 saturated carbocycles. The van der Waals surface area contributed by atoms with Gasteiger partial charge in [0.15, 0.2) is 0 Å². The maximum Gasteiger partial charge on any atom is 0.339 e. The van der Waals surface area contributed by atoms with Crippen LogP contribution in [-0.2, 0) is 4.74 Å². The van der Waals surface area contributed by atoms with Gasteiger partial charge in [-0.05, 0) is 69.7 Å². The lowest BCUT2D eigenvalue weighted by atomic mass is 10.1. The number of rotatable bonds is 5. The smallest absolute Gasteiger partial charge is 0.339 e. The topological polar surface area (TPSA) is 84.7 Å². The third-order valence-electron chi connectivity index (χ3n) is 5.01. The normalized spacial score (nSPS) is 10.9. The molecule has 31 heavy (non-hydrogen) atoms. The first kappa shape index (κ1) is 21.8. The van der Waals surface area contributed by atoms with E-state index >= 15 is 0 Å². The van der Waals surface area contributed by atoms with Gasteiger partial charge in [-0.15, -0.1) is 0 Å². The second-order valence-electron chi connectivity index (χ2n) is 7.34. The first-order valence-corrected chi connectivity index (χ1v) is 9.85. The Morgan fingerprint density at radius 3 is 2.35 bits per heavy atom. The molecule has 7 heteroatoms. The molecule has 2 amide bonds. The summed E-state index contributed by atoms with van der Waals surface area (Å²) in [6, 6.07) is 14.5. The summed E-state index contributed by atoms with van der Waals surface area (Å²) >= 11 is 0. The quantitative estimate of drug-likeness (QED) is 0.359. The summed E-state index contributed by atoms with van der Waals surface area (Å²) in [7, 11) is 1.37. The average molecular weight is 418 g/mol. The van der Waals surface area contributed by atoms with Gasteiger partial charge in [0.25, 0.3) is 0 Å². The summed E-state index contributed by atoms with van der Waals surface area (Å²) in [5.41, 5.74) is 9.59. The van der Waals surface area contributed by atoms with Crippen LogP contribution in [0.3, 0.4) is 0 Å². The fourth-order valence-corrected chi connectivity index (χ4v) is 3.40. The monoisotopic (exact) mass is 418 g/mol. The molecule has 3 aromatic rings. The molecule has 7 nitrogen and oxygen atoms in total. The Bertz CT molecular complexity index is 1140. The van der Waals surface area contributed by atoms with Crippen LogP contribution in [0.5, 0.6) is 0 Å². The Morgan fingerprint density at radius 2 is 1.71 bits per heavy atom. The van der Waals surface area contributed by atoms with Gasteiger partial charge >= 0.3 is 12.0 Å². The maximum atomic E-state index is 12.0. The third-order valence-corrected chi connectivity index (χ3v) is 5.01. The number of esters is 1. The van der Waals surface area contributed by atoms with E-state index in [9.17, 15) is 9.59 Å². The maximum absolute atomic E-state index is 12.0. The molecule has 2 aromatic carbocycles. The van der Waals surface area contributed by atoms with Gasteiger partial charge in [0.2, 0.25) is 0 Å². The lowest BCUT2D eigenvalue weighted by Crippen LogP contribution is -2.24. The van der Waals surface area contributed by atoms with Gasteiger partial charge in [0, 0.05) is 28.3 Å². The minimum atomic E-state index is -0.414. The number of carbonyl (C=O) groups excluding carboxylic acids is 2. The standard InChI is InChI=1S/C24H26N4O3/c1-15-6-9-21(10-7-15)26-24(30)27-25-14-20-13-17(3)28(18(20)4)22-11-8-19(12-16(22)2)23(29)31-5/h6-14H,1-5H3,(H2,26,27,30)/b25-14+. The van der Waals surface area contributed by atoms with Crippen molar-refractivity contribution >= 4 is 23.9 Å². The predicted octanol–water partition coefficient (Wildman–Crippen LogP) is 4.65. The number of benzene rings is 2. The zero-order chi connectivity index (χ0) is 22.5. The number of nitrogens with zero attached hydrogens (tertiary/aromatic N) is 2. The Balaban J connectivity index is 1.74. The Morgan fingerprint density at radius 1 is 1.00 bits per heavy atom. The molecule has 3 rings (SSSR count). The van der Waals surface area contributed by atoms with E-state index in [4.69, 9.17) is 4.74 Å². The van der Waals surface area contributed by atoms with Gasteiger partial charge in [0.1, 0.15) is 0 Å². The molecule has 0 aliphatic heterocycles. The van der Waals surface area contributed by atoms with E-state index in [1.807, 2.05) is 70.2 Å². The van der Waals surface area contributed by atoms with Gasteiger partial charge in [-0.25, -0.2) is 15.0 Å². The SMILES string of the molecule is COC(=O)c1ccc(-n2c(C)cc(/C=N/NC(=O)Nc3ccc(C)cc3)c2C)c(C)c1. The summed E-state index contributed by atoms with van der Waals surface area (Å²) in [4.78, 5) is 23.8. The molecule has 0 aliphatic rings. The number of amides is 2. The lowest BCUT2D eigenvalue weighted by molar-refractivity contribution is 0.0600. The lowest BCUT2D eigenvalue weighted by Gasteiger charge is -2.13. The zero-order valence-corrected chi connectivity index (χ0v) is 18.3. The highest BCUT2D eigenvalue weighted by molar-refractivity contribution is 5.91. The summed E-state index contributed by atoms with van der Waals surface area (Å²) in [6.45, 7) is 7.91. The van der Waals surface area contributed by atoms with Crippen molar-refractivity contribution in [3.8, 4) is 5.69 Å². The molecule has 1 heterocycles. The van der Waals surface area contributed by atoms with Crippen molar-refractivity contribution in [2.24, 2.45) is 5.10 Å². The second kappa shape index (κ2) is 9.30. The van der Waals surface area contributed by atoms with Gasteiger partial charge in [-0.2, -0.15) is 5.10 Å². The van der Waals surface area contributed by atoms with E-state index in [0.29, 0.717) is 11.3 Å². The van der Waals surface area contributed by atoms with Crippen molar-refractivity contribution in [1.29, 1.82) is 0 Å². The zero-order valence-electron chi connectivity index (χ0n) is 18.3. The fraction of sp³-hybridized carbons (Fsp3) is 0.208. The number of ether oxygens (including phenoxy) is 1. The number of carbonyl (C=O) groups is 2. The number of hydrogen-bond donors (Lipinski definition) is 2. The van der Waals surface area contributed by atoms with Crippen LogP contribution < -0.4 is 10.7 Å². The van der Waals surface area contributed by atoms with Crippen LogP contribution >= 0.6 is 0 Å². The molecule has 0 atom stereocenters. The van der Waals surface area contributed by atoms with Gasteiger partial charge in [0.05, 0.1) is 18.9 Å². The molecular formula is C24H26N4O3. The Labute approximate surface area is 181 Å². The van der Waals surface area contributed by atoms with E-state index in [2.05, 4.69) is 20.4 Å². The minimum Gasteiger partial charge on any atom is -0.465 e. The van der Waals surface area contributed by atoms with E-state index in [0.717, 1.165) is 33.8 Å². The first-order valence-electron chi connectivity index (χ1n) is 9.85. The summed E-state index contributed by atoms with van der Waals surface area (Å²) in [5.74, 6) is -0.363. The van der Waals surface area contributed by atoms with Crippen LogP contribution in [0.25, 0.3) is 5.69 Å². The number of methoxy groups -OCH3 is 1. The molecule has 160 valence electrons. The van der Waals surface area contributed by atoms with Gasteiger partial charge in [-0.1, -0.05) is 17.7 Å². The number of hydrazone groups is 1. The van der Waals surface area contributed by atoms with Crippen molar-refractivity contribution < 1.29 is 14.3 Å². The average Bonchev–Trinajstić information content (AvgIpc) is 3.02. The number of aromatic nitrogens is 1. The number of aryl methyl sites for hydroxylation is 3. The number of nitrogens with one attached hydrogen (secondary N) is 2. The molecular weight excluding hydrogens is 392 g/mol. The van der Waals surface area contributed by atoms with Crippen LogP contribution in [0.4, 0.5) is 10.5 Å². The van der Waals surface area contributed by atoms with Gasteiger partial charge in [-0.3, -0.25) is 0 Å². The molecule has 2 N–H and O–H groups in total. The van der Waals surface area contributed by atoms with E-state index in [1.165, 1.54) is 7.11 Å². The van der Waals surface area contributed by atoms with E-state index in [-0.39, 0.29) is 5.97 Å². The predicted molar refractivity (Wildman–Crippen MR) is 122 cm³/mol. The molecule has 0 saturated heterocycles. The van der Waals surface area contributed by atoms with Crippen molar-refractivity contribution in [3.05, 3.63) is 82.2 Å². The summed E-state index contributed by atoms with van der Waals surface area (Å²) in [6.07, 6.45) is 1.62. The van der Waals surface area contributed by atoms with Crippen LogP contribution in [0.2, 0.25) is 0 Å². The summed E-state index contributed by atoms with van der Waals surface area (Å²) in [5, 5.41) is 6.81.